The van der Waals surface area contributed by atoms with Crippen LogP contribution in [0.5, 0.6) is 0 Å². The first-order valence-electron chi connectivity index (χ1n) is 5.84. The number of anilines is 2. The van der Waals surface area contributed by atoms with Crippen LogP contribution in [-0.2, 0) is 18.3 Å². The van der Waals surface area contributed by atoms with Crippen LogP contribution in [0, 0.1) is 0 Å². The van der Waals surface area contributed by atoms with Crippen LogP contribution >= 0.6 is 0 Å². The number of carbonyl (C=O) groups is 1. The number of aromatic nitrogens is 2. The number of hydrogen-bond donors (Lipinski definition) is 2. The lowest BCUT2D eigenvalue weighted by Crippen LogP contribution is -2.11. The van der Waals surface area contributed by atoms with E-state index in [4.69, 9.17) is 0 Å². The van der Waals surface area contributed by atoms with Crippen molar-refractivity contribution >= 4 is 17.5 Å². The van der Waals surface area contributed by atoms with E-state index in [9.17, 15) is 4.79 Å². The zero-order valence-electron chi connectivity index (χ0n) is 10.9. The molecule has 0 unspecified atom stereocenters. The van der Waals surface area contributed by atoms with Crippen LogP contribution < -0.4 is 10.6 Å². The van der Waals surface area contributed by atoms with Crippen molar-refractivity contribution in [1.29, 1.82) is 0 Å². The molecule has 1 amide bonds. The SMILES string of the molecule is COC(=O)Nc1cccc(NCc2nccn2C)c1. The van der Waals surface area contributed by atoms with Crippen LogP contribution in [0.4, 0.5) is 16.2 Å². The third-order valence-electron chi connectivity index (χ3n) is 2.67. The van der Waals surface area contributed by atoms with Crippen molar-refractivity contribution in [3.8, 4) is 0 Å². The fourth-order valence-corrected chi connectivity index (χ4v) is 1.62. The quantitative estimate of drug-likeness (QED) is 0.884. The summed E-state index contributed by atoms with van der Waals surface area (Å²) in [6, 6.07) is 7.40. The number of hydrogen-bond acceptors (Lipinski definition) is 4. The van der Waals surface area contributed by atoms with E-state index in [-0.39, 0.29) is 0 Å². The lowest BCUT2D eigenvalue weighted by atomic mass is 10.3. The van der Waals surface area contributed by atoms with Gasteiger partial charge < -0.3 is 14.6 Å². The standard InChI is InChI=1S/C13H16N4O2/c1-17-7-6-14-12(17)9-15-10-4-3-5-11(8-10)16-13(18)19-2/h3-8,15H,9H2,1-2H3,(H,16,18). The smallest absolute Gasteiger partial charge is 0.411 e. The Morgan fingerprint density at radius 3 is 2.89 bits per heavy atom. The fraction of sp³-hybridized carbons (Fsp3) is 0.231. The van der Waals surface area contributed by atoms with Crippen LogP contribution in [0.1, 0.15) is 5.82 Å². The zero-order chi connectivity index (χ0) is 13.7. The number of nitrogens with zero attached hydrogens (tertiary/aromatic N) is 2. The molecular formula is C13H16N4O2. The van der Waals surface area contributed by atoms with E-state index in [1.807, 2.05) is 36.0 Å². The van der Waals surface area contributed by atoms with Crippen molar-refractivity contribution in [2.24, 2.45) is 7.05 Å². The Morgan fingerprint density at radius 1 is 1.42 bits per heavy atom. The summed E-state index contributed by atoms with van der Waals surface area (Å²) >= 11 is 0. The molecule has 1 heterocycles. The van der Waals surface area contributed by atoms with Crippen LogP contribution in [0.3, 0.4) is 0 Å². The molecular weight excluding hydrogens is 244 g/mol. The van der Waals surface area contributed by atoms with Gasteiger partial charge in [0.1, 0.15) is 5.82 Å². The Morgan fingerprint density at radius 2 is 2.21 bits per heavy atom. The van der Waals surface area contributed by atoms with Gasteiger partial charge in [0, 0.05) is 30.8 Å². The normalized spacial score (nSPS) is 10.0. The number of nitrogens with one attached hydrogen (secondary N) is 2. The average molecular weight is 260 g/mol. The highest BCUT2D eigenvalue weighted by Crippen LogP contribution is 2.15. The fourth-order valence-electron chi connectivity index (χ4n) is 1.62. The maximum Gasteiger partial charge on any atom is 0.411 e. The predicted octanol–water partition coefficient (Wildman–Crippen LogP) is 2.21. The van der Waals surface area contributed by atoms with Gasteiger partial charge in [0.15, 0.2) is 0 Å². The summed E-state index contributed by atoms with van der Waals surface area (Å²) in [4.78, 5) is 15.3. The molecule has 2 aromatic rings. The Bertz CT molecular complexity index is 565. The van der Waals surface area contributed by atoms with Crippen molar-refractivity contribution in [2.45, 2.75) is 6.54 Å². The first-order valence-corrected chi connectivity index (χ1v) is 5.84. The predicted molar refractivity (Wildman–Crippen MR) is 73.0 cm³/mol. The second-order valence-electron chi connectivity index (χ2n) is 4.01. The van der Waals surface area contributed by atoms with E-state index >= 15 is 0 Å². The van der Waals surface area contributed by atoms with Crippen molar-refractivity contribution in [2.75, 3.05) is 17.7 Å². The molecule has 0 aliphatic rings. The van der Waals surface area contributed by atoms with Gasteiger partial charge >= 0.3 is 6.09 Å². The summed E-state index contributed by atoms with van der Waals surface area (Å²) in [5.41, 5.74) is 1.58. The minimum atomic E-state index is -0.485. The molecule has 0 saturated heterocycles. The summed E-state index contributed by atoms with van der Waals surface area (Å²) in [6.45, 7) is 0.616. The van der Waals surface area contributed by atoms with Gasteiger partial charge in [0.05, 0.1) is 13.7 Å². The number of amides is 1. The van der Waals surface area contributed by atoms with Crippen molar-refractivity contribution in [3.63, 3.8) is 0 Å². The van der Waals surface area contributed by atoms with Gasteiger partial charge in [-0.05, 0) is 18.2 Å². The summed E-state index contributed by atoms with van der Waals surface area (Å²) in [5.74, 6) is 0.936. The van der Waals surface area contributed by atoms with Crippen LogP contribution in [0.15, 0.2) is 36.7 Å². The van der Waals surface area contributed by atoms with Gasteiger partial charge in [-0.25, -0.2) is 9.78 Å². The second kappa shape index (κ2) is 5.90. The van der Waals surface area contributed by atoms with E-state index < -0.39 is 6.09 Å². The van der Waals surface area contributed by atoms with Crippen molar-refractivity contribution < 1.29 is 9.53 Å². The molecule has 0 aliphatic carbocycles. The van der Waals surface area contributed by atoms with E-state index in [1.165, 1.54) is 7.11 Å². The topological polar surface area (TPSA) is 68.2 Å². The molecule has 0 fully saturated rings. The highest BCUT2D eigenvalue weighted by Gasteiger charge is 2.02. The molecule has 19 heavy (non-hydrogen) atoms. The van der Waals surface area contributed by atoms with Gasteiger partial charge in [-0.2, -0.15) is 0 Å². The van der Waals surface area contributed by atoms with E-state index in [2.05, 4.69) is 20.4 Å². The number of benzene rings is 1. The first kappa shape index (κ1) is 12.9. The number of carbonyl (C=O) groups excluding carboxylic acids is 1. The number of ether oxygens (including phenoxy) is 1. The number of imidazole rings is 1. The lowest BCUT2D eigenvalue weighted by Gasteiger charge is -2.09. The highest BCUT2D eigenvalue weighted by molar-refractivity contribution is 5.85. The van der Waals surface area contributed by atoms with Crippen molar-refractivity contribution in [1.82, 2.24) is 9.55 Å². The Hall–Kier alpha value is -2.50. The number of methoxy groups -OCH3 is 1. The Kier molecular flexibility index (Phi) is 4.02. The molecule has 100 valence electrons. The molecule has 6 nitrogen and oxygen atoms in total. The Balaban J connectivity index is 1.99. The monoisotopic (exact) mass is 260 g/mol. The zero-order valence-corrected chi connectivity index (χ0v) is 10.9. The second-order valence-corrected chi connectivity index (χ2v) is 4.01. The third kappa shape index (κ3) is 3.48. The first-order chi connectivity index (χ1) is 9.19. The summed E-state index contributed by atoms with van der Waals surface area (Å²) in [5, 5.41) is 5.86. The maximum atomic E-state index is 11.1. The number of rotatable bonds is 4. The molecule has 1 aromatic heterocycles. The molecule has 0 atom stereocenters. The van der Waals surface area contributed by atoms with Gasteiger partial charge in [-0.15, -0.1) is 0 Å². The molecule has 2 N–H and O–H groups in total. The molecule has 0 radical (unpaired) electrons. The van der Waals surface area contributed by atoms with Gasteiger partial charge in [0.25, 0.3) is 0 Å². The Labute approximate surface area is 111 Å². The van der Waals surface area contributed by atoms with E-state index in [1.54, 1.807) is 12.3 Å². The molecule has 6 heteroatoms. The summed E-state index contributed by atoms with van der Waals surface area (Å²) < 4.78 is 6.49. The van der Waals surface area contributed by atoms with E-state index in [0.717, 1.165) is 11.5 Å². The lowest BCUT2D eigenvalue weighted by molar-refractivity contribution is 0.187. The minimum Gasteiger partial charge on any atom is -0.453 e. The largest absolute Gasteiger partial charge is 0.453 e. The maximum absolute atomic E-state index is 11.1. The van der Waals surface area contributed by atoms with E-state index in [0.29, 0.717) is 12.2 Å². The van der Waals surface area contributed by atoms with Gasteiger partial charge in [-0.3, -0.25) is 5.32 Å². The van der Waals surface area contributed by atoms with Crippen LogP contribution in [-0.4, -0.2) is 22.8 Å². The molecule has 2 rings (SSSR count). The number of aryl methyl sites for hydroxylation is 1. The summed E-state index contributed by atoms with van der Waals surface area (Å²) in [6.07, 6.45) is 3.17. The summed E-state index contributed by atoms with van der Waals surface area (Å²) in [7, 11) is 3.28. The molecule has 0 spiro atoms. The molecule has 0 bridgehead atoms. The molecule has 0 aliphatic heterocycles. The highest BCUT2D eigenvalue weighted by atomic mass is 16.5. The average Bonchev–Trinajstić information content (AvgIpc) is 2.82. The minimum absolute atomic E-state index is 0.485. The van der Waals surface area contributed by atoms with Crippen molar-refractivity contribution in [3.05, 3.63) is 42.5 Å². The molecule has 1 aromatic carbocycles. The van der Waals surface area contributed by atoms with Gasteiger partial charge in [0.2, 0.25) is 0 Å². The van der Waals surface area contributed by atoms with Gasteiger partial charge in [-0.1, -0.05) is 6.07 Å². The van der Waals surface area contributed by atoms with Crippen LogP contribution in [0.2, 0.25) is 0 Å². The third-order valence-corrected chi connectivity index (χ3v) is 2.67. The molecule has 0 saturated carbocycles. The van der Waals surface area contributed by atoms with Crippen LogP contribution in [0.25, 0.3) is 0 Å².